The van der Waals surface area contributed by atoms with Crippen molar-refractivity contribution in [2.24, 2.45) is 5.92 Å². The lowest BCUT2D eigenvalue weighted by Gasteiger charge is -2.31. The molecular formula is C48H47N7O9. The second kappa shape index (κ2) is 15.3. The van der Waals surface area contributed by atoms with Gasteiger partial charge in [-0.3, -0.25) is 4.79 Å². The van der Waals surface area contributed by atoms with Gasteiger partial charge < -0.3 is 38.8 Å². The topological polar surface area (TPSA) is 207 Å². The second-order valence-corrected chi connectivity index (χ2v) is 17.3. The molecule has 0 radical (unpaired) electrons. The first-order chi connectivity index (χ1) is 30.8. The summed E-state index contributed by atoms with van der Waals surface area (Å²) in [5, 5.41) is 40.9. The number of nitrogens with one attached hydrogen (secondary N) is 1. The lowest BCUT2D eigenvalue weighted by Crippen LogP contribution is -2.44. The number of carbonyl (C=O) groups excluding carboxylic acids is 2. The first kappa shape index (κ1) is 40.8. The standard InChI is InChI=1S/C48H47N7O9/c1-5-30-32-18-29(8-9-37(32)49-42-34(30)23-54-39(42)20-36-35(44(54)58)24-63-45(59)48(36,62)6-2)64-47(61)52-14-11-26(12-15-52)22-53-16-13-27-17-28(7-10-38(27)53)55-43(50-51-46(55)60)33-19-31(25(3)4)40(56)21-41(33)57/h7-10,13,16-21,25-26,56-57,62H,5-6,11-12,14-15,22-24H2,1-4H3,(H,51,60). The zero-order chi connectivity index (χ0) is 44.8. The van der Waals surface area contributed by atoms with Crippen LogP contribution in [0, 0.1) is 5.92 Å². The van der Waals surface area contributed by atoms with Crippen molar-refractivity contribution in [2.75, 3.05) is 13.1 Å². The molecule has 0 aliphatic carbocycles. The minimum Gasteiger partial charge on any atom is -0.508 e. The molecule has 328 valence electrons. The number of aryl methyl sites for hydroxylation is 1. The maximum absolute atomic E-state index is 13.7. The molecule has 0 spiro atoms. The Balaban J connectivity index is 0.823. The number of cyclic esters (lactones) is 1. The van der Waals surface area contributed by atoms with Gasteiger partial charge in [0.2, 0.25) is 0 Å². The summed E-state index contributed by atoms with van der Waals surface area (Å²) in [4.78, 5) is 59.7. The number of benzene rings is 3. The van der Waals surface area contributed by atoms with E-state index in [-0.39, 0.29) is 59.5 Å². The van der Waals surface area contributed by atoms with E-state index in [1.54, 1.807) is 34.6 Å². The minimum absolute atomic E-state index is 0.0238. The fourth-order valence-corrected chi connectivity index (χ4v) is 9.79. The van der Waals surface area contributed by atoms with Gasteiger partial charge in [-0.1, -0.05) is 27.7 Å². The third kappa shape index (κ3) is 6.45. The molecule has 0 saturated carbocycles. The van der Waals surface area contributed by atoms with E-state index in [1.165, 1.54) is 10.6 Å². The Morgan fingerprint density at radius 3 is 2.53 bits per heavy atom. The molecule has 3 aliphatic rings. The zero-order valence-electron chi connectivity index (χ0n) is 35.8. The van der Waals surface area contributed by atoms with Crippen molar-refractivity contribution in [3.8, 4) is 45.7 Å². The third-order valence-corrected chi connectivity index (χ3v) is 13.4. The van der Waals surface area contributed by atoms with E-state index in [0.717, 1.165) is 46.8 Å². The van der Waals surface area contributed by atoms with Crippen LogP contribution >= 0.6 is 0 Å². The summed E-state index contributed by atoms with van der Waals surface area (Å²) < 4.78 is 16.4. The number of fused-ring (bicyclic) bond motifs is 6. The summed E-state index contributed by atoms with van der Waals surface area (Å²) in [6.45, 7) is 9.45. The van der Waals surface area contributed by atoms with Gasteiger partial charge in [0.25, 0.3) is 5.56 Å². The third-order valence-electron chi connectivity index (χ3n) is 13.4. The summed E-state index contributed by atoms with van der Waals surface area (Å²) in [6, 6.07) is 17.7. The van der Waals surface area contributed by atoms with Gasteiger partial charge in [0.15, 0.2) is 11.4 Å². The van der Waals surface area contributed by atoms with Gasteiger partial charge >= 0.3 is 17.8 Å². The monoisotopic (exact) mass is 865 g/mol. The molecule has 16 nitrogen and oxygen atoms in total. The number of hydrogen-bond donors (Lipinski definition) is 4. The number of pyridine rings is 2. The number of H-pyrrole nitrogens is 1. The molecule has 1 atom stereocenters. The molecule has 1 amide bonds. The number of esters is 1. The Morgan fingerprint density at radius 2 is 1.78 bits per heavy atom. The van der Waals surface area contributed by atoms with E-state index in [2.05, 4.69) is 14.8 Å². The van der Waals surface area contributed by atoms with Crippen molar-refractivity contribution in [1.82, 2.24) is 33.8 Å². The molecule has 1 saturated heterocycles. The molecular weight excluding hydrogens is 819 g/mol. The van der Waals surface area contributed by atoms with Gasteiger partial charge in [-0.15, -0.1) is 0 Å². The van der Waals surface area contributed by atoms with Crippen LogP contribution in [0.2, 0.25) is 0 Å². The van der Waals surface area contributed by atoms with Crippen molar-refractivity contribution in [3.63, 3.8) is 0 Å². The van der Waals surface area contributed by atoms with Crippen molar-refractivity contribution in [2.45, 2.75) is 84.6 Å². The number of hydrogen-bond acceptors (Lipinski definition) is 11. The Kier molecular flexibility index (Phi) is 9.74. The van der Waals surface area contributed by atoms with Crippen LogP contribution in [-0.2, 0) is 41.2 Å². The van der Waals surface area contributed by atoms with Crippen LogP contribution in [0.5, 0.6) is 17.2 Å². The smallest absolute Gasteiger partial charge is 0.415 e. The van der Waals surface area contributed by atoms with E-state index >= 15 is 0 Å². The van der Waals surface area contributed by atoms with Crippen molar-refractivity contribution in [1.29, 1.82) is 0 Å². The zero-order valence-corrected chi connectivity index (χ0v) is 35.8. The second-order valence-electron chi connectivity index (χ2n) is 17.3. The van der Waals surface area contributed by atoms with Crippen molar-refractivity contribution in [3.05, 3.63) is 116 Å². The van der Waals surface area contributed by atoms with Crippen molar-refractivity contribution < 1.29 is 34.4 Å². The first-order valence-corrected chi connectivity index (χ1v) is 21.7. The number of phenolic OH excluding ortho intramolecular Hbond substituents is 2. The predicted octanol–water partition coefficient (Wildman–Crippen LogP) is 6.58. The summed E-state index contributed by atoms with van der Waals surface area (Å²) in [7, 11) is 0. The molecule has 1 fully saturated rings. The van der Waals surface area contributed by atoms with Gasteiger partial charge in [-0.05, 0) is 103 Å². The number of phenols is 2. The van der Waals surface area contributed by atoms with Gasteiger partial charge in [0.05, 0.1) is 40.3 Å². The van der Waals surface area contributed by atoms with Gasteiger partial charge in [0.1, 0.15) is 23.9 Å². The summed E-state index contributed by atoms with van der Waals surface area (Å²) >= 11 is 0. The number of aromatic nitrogens is 6. The van der Waals surface area contributed by atoms with Gasteiger partial charge in [0, 0.05) is 59.3 Å². The van der Waals surface area contributed by atoms with Crippen LogP contribution in [-0.4, -0.2) is 74.3 Å². The summed E-state index contributed by atoms with van der Waals surface area (Å²) in [6.07, 6.45) is 3.85. The van der Waals surface area contributed by atoms with E-state index in [4.69, 9.17) is 14.5 Å². The molecule has 10 rings (SSSR count). The number of carbonyl (C=O) groups is 2. The minimum atomic E-state index is -1.91. The van der Waals surface area contributed by atoms with Crippen LogP contribution in [0.15, 0.2) is 76.4 Å². The summed E-state index contributed by atoms with van der Waals surface area (Å²) in [5.74, 6) is -0.0716. The van der Waals surface area contributed by atoms with Crippen LogP contribution < -0.4 is 16.0 Å². The van der Waals surface area contributed by atoms with Gasteiger partial charge in [-0.2, -0.15) is 5.10 Å². The van der Waals surface area contributed by atoms with Crippen LogP contribution in [0.1, 0.15) is 80.7 Å². The van der Waals surface area contributed by atoms with E-state index < -0.39 is 23.4 Å². The lowest BCUT2D eigenvalue weighted by atomic mass is 9.86. The average molecular weight is 866 g/mol. The molecule has 7 heterocycles. The SMILES string of the molecule is CCc1c2c(nc3ccc(OC(=O)N4CCC(Cn5ccc6cc(-n7c(-c8cc(C(C)C)c(O)cc8O)n[nH]c7=O)ccc65)CC4)cc13)-c1cc3c(c(=O)n1C2)COC(=O)C3(O)CC. The van der Waals surface area contributed by atoms with Crippen LogP contribution in [0.3, 0.4) is 0 Å². The highest BCUT2D eigenvalue weighted by Crippen LogP contribution is 2.42. The first-order valence-electron chi connectivity index (χ1n) is 21.7. The van der Waals surface area contributed by atoms with E-state index in [1.807, 2.05) is 63.4 Å². The number of likely N-dealkylation sites (tertiary alicyclic amines) is 1. The molecule has 7 aromatic rings. The number of rotatable bonds is 8. The fraction of sp³-hybridized carbons (Fsp3) is 0.333. The number of aromatic hydroxyl groups is 2. The highest BCUT2D eigenvalue weighted by molar-refractivity contribution is 5.90. The number of amides is 1. The average Bonchev–Trinajstić information content (AvgIpc) is 3.99. The van der Waals surface area contributed by atoms with Gasteiger partial charge in [-0.25, -0.2) is 29.0 Å². The predicted molar refractivity (Wildman–Crippen MR) is 237 cm³/mol. The van der Waals surface area contributed by atoms with E-state index in [0.29, 0.717) is 64.9 Å². The molecule has 4 N–H and O–H groups in total. The van der Waals surface area contributed by atoms with Crippen LogP contribution in [0.25, 0.3) is 50.3 Å². The summed E-state index contributed by atoms with van der Waals surface area (Å²) in [5.41, 5.74) is 4.05. The molecule has 3 aromatic carbocycles. The van der Waals surface area contributed by atoms with Crippen molar-refractivity contribution >= 4 is 33.9 Å². The largest absolute Gasteiger partial charge is 0.508 e. The maximum atomic E-state index is 13.7. The fourth-order valence-electron chi connectivity index (χ4n) is 9.79. The number of aromatic amines is 1. The molecule has 3 aliphatic heterocycles. The molecule has 1 unspecified atom stereocenters. The molecule has 0 bridgehead atoms. The quantitative estimate of drug-likeness (QED) is 0.120. The maximum Gasteiger partial charge on any atom is 0.415 e. The normalized spacial score (nSPS) is 17.2. The number of aliphatic hydroxyl groups is 1. The van der Waals surface area contributed by atoms with Crippen LogP contribution in [0.4, 0.5) is 4.79 Å². The Morgan fingerprint density at radius 1 is 0.984 bits per heavy atom. The number of ether oxygens (including phenoxy) is 2. The lowest BCUT2D eigenvalue weighted by molar-refractivity contribution is -0.172. The van der Waals surface area contributed by atoms with E-state index in [9.17, 15) is 34.5 Å². The molecule has 16 heteroatoms. The number of piperidine rings is 1. The Labute approximate surface area is 365 Å². The highest BCUT2D eigenvalue weighted by Gasteiger charge is 2.45. The Hall–Kier alpha value is -7.20. The Bertz CT molecular complexity index is 3210. The highest BCUT2D eigenvalue weighted by atomic mass is 16.6. The molecule has 4 aromatic heterocycles. The number of nitrogens with zero attached hydrogens (tertiary/aromatic N) is 6. The molecule has 64 heavy (non-hydrogen) atoms.